The smallest absolute Gasteiger partial charge is 0.329 e. The van der Waals surface area contributed by atoms with Crippen LogP contribution in [-0.2, 0) is 42.8 Å². The highest BCUT2D eigenvalue weighted by molar-refractivity contribution is 6.39. The summed E-state index contributed by atoms with van der Waals surface area (Å²) < 4.78 is 36.3. The average Bonchev–Trinajstić information content (AvgIpc) is 3.31. The fraction of sp³-hybridized carbons (Fsp3) is 0.774. The van der Waals surface area contributed by atoms with E-state index in [1.54, 1.807) is 42.4 Å². The predicted molar refractivity (Wildman–Crippen MR) is 259 cm³/mol. The summed E-state index contributed by atoms with van der Waals surface area (Å²) in [6.45, 7) is 14.0. The van der Waals surface area contributed by atoms with Gasteiger partial charge >= 0.3 is 5.97 Å². The van der Waals surface area contributed by atoms with Gasteiger partial charge in [0.15, 0.2) is 0 Å². The molecule has 1 saturated carbocycles. The van der Waals surface area contributed by atoms with E-state index in [0.29, 0.717) is 69.8 Å². The summed E-state index contributed by atoms with van der Waals surface area (Å²) >= 11 is 0. The summed E-state index contributed by atoms with van der Waals surface area (Å²) in [7, 11) is 8.16. The molecule has 16 atom stereocenters. The molecule has 14 nitrogen and oxygen atoms in total. The molecular formula is C53H86N2O12. The van der Waals surface area contributed by atoms with E-state index in [-0.39, 0.29) is 48.3 Å². The molecule has 3 fully saturated rings. The van der Waals surface area contributed by atoms with Crippen LogP contribution in [0, 0.1) is 35.5 Å². The van der Waals surface area contributed by atoms with E-state index in [1.165, 1.54) is 4.90 Å². The fourth-order valence-corrected chi connectivity index (χ4v) is 10.9. The second-order valence-corrected chi connectivity index (χ2v) is 20.2. The molecule has 1 aliphatic carbocycles. The number of rotatable bonds is 7. The summed E-state index contributed by atoms with van der Waals surface area (Å²) in [5.74, 6) is -5.74. The number of methoxy groups -OCH3 is 4. The first-order chi connectivity index (χ1) is 31.8. The number of piperidine rings is 1. The minimum Gasteiger partial charge on any atom is -0.460 e. The molecule has 0 radical (unpaired) electrons. The monoisotopic (exact) mass is 943 g/mol. The van der Waals surface area contributed by atoms with E-state index in [0.717, 1.165) is 24.1 Å². The van der Waals surface area contributed by atoms with Crippen LogP contribution in [0.25, 0.3) is 0 Å². The van der Waals surface area contributed by atoms with Crippen molar-refractivity contribution in [2.24, 2.45) is 40.5 Å². The number of nitrogens with zero attached hydrogens (tertiary/aromatic N) is 2. The third-order valence-electron chi connectivity index (χ3n) is 15.2. The number of Topliss-reactive ketones (excluding diaryl/α,β-unsaturated/α-hetero) is 1. The zero-order chi connectivity index (χ0) is 49.6. The number of amides is 1. The highest BCUT2D eigenvalue weighted by Crippen LogP contribution is 2.38. The molecule has 67 heavy (non-hydrogen) atoms. The van der Waals surface area contributed by atoms with Crippen molar-refractivity contribution in [1.82, 2.24) is 4.90 Å². The highest BCUT2D eigenvalue weighted by atomic mass is 16.6. The minimum atomic E-state index is -2.39. The van der Waals surface area contributed by atoms with E-state index in [2.05, 4.69) is 24.9 Å². The van der Waals surface area contributed by atoms with Gasteiger partial charge < -0.3 is 48.6 Å². The third kappa shape index (κ3) is 15.0. The Labute approximate surface area is 401 Å². The molecule has 2 saturated heterocycles. The van der Waals surface area contributed by atoms with Crippen molar-refractivity contribution in [3.8, 4) is 0 Å². The number of hydrogen-bond donors (Lipinski definition) is 3. The van der Waals surface area contributed by atoms with Gasteiger partial charge in [0.2, 0.25) is 5.79 Å². The number of hydrogen-bond acceptors (Lipinski definition) is 13. The van der Waals surface area contributed by atoms with E-state index >= 15 is 0 Å². The molecule has 3 N–H and O–H groups in total. The summed E-state index contributed by atoms with van der Waals surface area (Å²) in [5, 5.41) is 34.4. The molecule has 4 rings (SSSR count). The predicted octanol–water partition coefficient (Wildman–Crippen LogP) is 7.13. The first kappa shape index (κ1) is 56.5. The molecule has 14 heteroatoms. The number of ketones is 1. The average molecular weight is 943 g/mol. The van der Waals surface area contributed by atoms with Crippen LogP contribution in [0.3, 0.4) is 0 Å². The van der Waals surface area contributed by atoms with Gasteiger partial charge in [0.1, 0.15) is 24.4 Å². The molecule has 2 bridgehead atoms. The van der Waals surface area contributed by atoms with E-state index in [1.807, 2.05) is 58.1 Å². The number of carbonyl (C=O) groups is 3. The van der Waals surface area contributed by atoms with Gasteiger partial charge in [-0.1, -0.05) is 71.1 Å². The van der Waals surface area contributed by atoms with Crippen LogP contribution in [0.1, 0.15) is 126 Å². The second kappa shape index (κ2) is 26.8. The van der Waals surface area contributed by atoms with Gasteiger partial charge in [0, 0.05) is 72.4 Å². The van der Waals surface area contributed by atoms with Crippen molar-refractivity contribution in [1.29, 1.82) is 0 Å². The summed E-state index contributed by atoms with van der Waals surface area (Å²) in [6.07, 6.45) is 14.2. The summed E-state index contributed by atoms with van der Waals surface area (Å²) in [6, 6.07) is -1.05. The maximum atomic E-state index is 14.6. The molecule has 3 aliphatic heterocycles. The topological polar surface area (TPSA) is 183 Å². The Morgan fingerprint density at radius 3 is 2.21 bits per heavy atom. The first-order valence-corrected chi connectivity index (χ1v) is 24.9. The standard InChI is InChI=1S/C53H86N2O12/c1-32-18-14-13-15-19-33(2)43(62-9)30-40-23-21-38(7)53(61,67-40)50(58)51(59)55-25-17-16-20-41(55)52(60)66-45(35(4)28-39-22-24-42(56)46(29-39)64-11)31-44(63-10)34(3)27-37(6)48(57)49(65-12)47(54-8)36(5)26-32/h13-15,18-19,27,32,34-36,38-46,48-49,56-57,61H,16-17,20-26,28-31H2,1-12H3/b15-13+,18-14+,33-19+,37-27+,54-47-/t32-,34-,35-,36-,38-,39+,40+,41+,42-,43+,44-,45+,46-,48-,49+,53-/m1/s1. The number of aliphatic imine (C=N–C) groups is 1. The number of esters is 1. The second-order valence-electron chi connectivity index (χ2n) is 20.2. The van der Waals surface area contributed by atoms with Gasteiger partial charge in [0.05, 0.1) is 30.5 Å². The van der Waals surface area contributed by atoms with Crippen LogP contribution in [0.15, 0.2) is 52.6 Å². The number of ether oxygens (including phenoxy) is 6. The zero-order valence-electron chi connectivity index (χ0n) is 42.7. The largest absolute Gasteiger partial charge is 0.460 e. The summed E-state index contributed by atoms with van der Waals surface area (Å²) in [4.78, 5) is 49.1. The number of fused-ring (bicyclic) bond motifs is 3. The highest BCUT2D eigenvalue weighted by Gasteiger charge is 2.53. The summed E-state index contributed by atoms with van der Waals surface area (Å²) in [5.41, 5.74) is 2.38. The Morgan fingerprint density at radius 2 is 1.55 bits per heavy atom. The van der Waals surface area contributed by atoms with Gasteiger partial charge in [-0.25, -0.2) is 4.79 Å². The van der Waals surface area contributed by atoms with Crippen LogP contribution in [-0.4, -0.2) is 146 Å². The van der Waals surface area contributed by atoms with Crippen molar-refractivity contribution in [2.75, 3.05) is 42.0 Å². The molecule has 0 aromatic carbocycles. The molecule has 0 aromatic rings. The molecule has 3 heterocycles. The number of cyclic esters (lactones) is 1. The zero-order valence-corrected chi connectivity index (χ0v) is 42.7. The molecule has 0 spiro atoms. The van der Waals surface area contributed by atoms with Gasteiger partial charge in [-0.05, 0) is 113 Å². The Bertz CT molecular complexity index is 1760. The third-order valence-corrected chi connectivity index (χ3v) is 15.2. The van der Waals surface area contributed by atoms with Crippen molar-refractivity contribution in [3.63, 3.8) is 0 Å². The van der Waals surface area contributed by atoms with Gasteiger partial charge in [-0.3, -0.25) is 14.6 Å². The minimum absolute atomic E-state index is 0.00248. The van der Waals surface area contributed by atoms with Gasteiger partial charge in [-0.2, -0.15) is 0 Å². The Kier molecular flexibility index (Phi) is 22.6. The van der Waals surface area contributed by atoms with Crippen molar-refractivity contribution in [3.05, 3.63) is 47.6 Å². The van der Waals surface area contributed by atoms with E-state index < -0.39 is 72.0 Å². The molecule has 380 valence electrons. The van der Waals surface area contributed by atoms with Crippen molar-refractivity contribution in [2.45, 2.75) is 186 Å². The molecule has 0 aromatic heterocycles. The number of carbonyl (C=O) groups excluding carboxylic acids is 3. The lowest BCUT2D eigenvalue weighted by Gasteiger charge is -2.43. The van der Waals surface area contributed by atoms with Gasteiger partial charge in [-0.15, -0.1) is 0 Å². The number of aliphatic hydroxyl groups is 3. The Morgan fingerprint density at radius 1 is 0.836 bits per heavy atom. The van der Waals surface area contributed by atoms with Crippen LogP contribution in [0.5, 0.6) is 0 Å². The molecule has 1 amide bonds. The lowest BCUT2D eigenvalue weighted by Crippen LogP contribution is -2.61. The van der Waals surface area contributed by atoms with Crippen LogP contribution < -0.4 is 0 Å². The maximum absolute atomic E-state index is 14.6. The quantitative estimate of drug-likeness (QED) is 0.134. The SMILES string of the molecule is C/N=C1/[C@H](C)C[C@H](C)/C=C/C=C/C=C(\C)[C@@H](OC)C[C@@H]2CC[C@@H](C)[C@@](O)(O2)C(=O)C(=O)N2CCCC[C@H]2C(=O)O[C@H]([C@H](C)C[C@@H]2CC[C@@H](O)[C@H](OC)C2)C[C@@H](OC)[C@H](C)/C=C(\C)[C@@H](O)[C@H]1OC. The molecule has 0 unspecified atom stereocenters. The normalized spacial score (nSPS) is 41.3. The van der Waals surface area contributed by atoms with Crippen LogP contribution >= 0.6 is 0 Å². The van der Waals surface area contributed by atoms with Gasteiger partial charge in [0.25, 0.3) is 11.7 Å². The lowest BCUT2D eigenvalue weighted by atomic mass is 9.78. The van der Waals surface area contributed by atoms with E-state index in [9.17, 15) is 29.7 Å². The maximum Gasteiger partial charge on any atom is 0.329 e. The number of allylic oxidation sites excluding steroid dienone is 5. The molecule has 4 aliphatic rings. The Hall–Kier alpha value is -3.08. The van der Waals surface area contributed by atoms with E-state index in [4.69, 9.17) is 28.4 Å². The lowest BCUT2D eigenvalue weighted by molar-refractivity contribution is -0.265. The van der Waals surface area contributed by atoms with Crippen LogP contribution in [0.4, 0.5) is 0 Å². The fourth-order valence-electron chi connectivity index (χ4n) is 10.9. The van der Waals surface area contributed by atoms with Crippen molar-refractivity contribution >= 4 is 23.4 Å². The van der Waals surface area contributed by atoms with Crippen molar-refractivity contribution < 1.29 is 58.1 Å². The Balaban J connectivity index is 1.74. The van der Waals surface area contributed by atoms with Crippen LogP contribution in [0.2, 0.25) is 0 Å². The number of aliphatic hydroxyl groups excluding tert-OH is 2. The molecular weight excluding hydrogens is 857 g/mol. The first-order valence-electron chi connectivity index (χ1n) is 24.9.